The van der Waals surface area contributed by atoms with E-state index >= 15 is 0 Å². The van der Waals surface area contributed by atoms with Gasteiger partial charge in [0.15, 0.2) is 10.4 Å². The van der Waals surface area contributed by atoms with E-state index in [1.165, 1.54) is 0 Å². The predicted octanol–water partition coefficient (Wildman–Crippen LogP) is 5.14. The molecule has 0 aliphatic heterocycles. The third-order valence-corrected chi connectivity index (χ3v) is 4.67. The van der Waals surface area contributed by atoms with Gasteiger partial charge in [0, 0.05) is 10.8 Å². The molecule has 23 heavy (non-hydrogen) atoms. The molecule has 2 heterocycles. The van der Waals surface area contributed by atoms with Crippen LogP contribution in [0.25, 0.3) is 16.3 Å². The van der Waals surface area contributed by atoms with Crippen molar-refractivity contribution < 1.29 is 4.74 Å². The van der Waals surface area contributed by atoms with Gasteiger partial charge in [0.25, 0.3) is 0 Å². The number of fused-ring (bicyclic) bond motifs is 3. The molecule has 3 nitrogen and oxygen atoms in total. The van der Waals surface area contributed by atoms with Gasteiger partial charge < -0.3 is 4.74 Å². The summed E-state index contributed by atoms with van der Waals surface area (Å²) in [5.74, 6) is 0.819. The summed E-state index contributed by atoms with van der Waals surface area (Å²) in [4.78, 5) is 0. The summed E-state index contributed by atoms with van der Waals surface area (Å²) in [5, 5.41) is 6.71. The number of aromatic nitrogens is 2. The van der Waals surface area contributed by atoms with Crippen LogP contribution in [0.4, 0.5) is 0 Å². The Bertz CT molecular complexity index is 993. The Morgan fingerprint density at radius 2 is 1.70 bits per heavy atom. The zero-order valence-corrected chi connectivity index (χ0v) is 14.2. The molecule has 4 heteroatoms. The molecule has 0 saturated heterocycles. The topological polar surface area (TPSA) is 26.5 Å². The van der Waals surface area contributed by atoms with Crippen LogP contribution < -0.4 is 4.74 Å². The molecule has 0 atom stereocenters. The number of halogens is 1. The van der Waals surface area contributed by atoms with Crippen molar-refractivity contribution in [3.8, 4) is 5.75 Å². The van der Waals surface area contributed by atoms with Crippen LogP contribution in [0.1, 0.15) is 11.1 Å². The summed E-state index contributed by atoms with van der Waals surface area (Å²) in [6.07, 6.45) is 1.88. The maximum atomic E-state index is 6.15. The summed E-state index contributed by atoms with van der Waals surface area (Å²) in [6, 6.07) is 18.5. The molecular weight excluding hydrogens is 352 g/mol. The van der Waals surface area contributed by atoms with Crippen molar-refractivity contribution in [1.82, 2.24) is 9.61 Å². The van der Waals surface area contributed by atoms with Crippen LogP contribution in [0, 0.1) is 6.92 Å². The first-order chi connectivity index (χ1) is 11.3. The van der Waals surface area contributed by atoms with Gasteiger partial charge in [-0.25, -0.2) is 4.52 Å². The van der Waals surface area contributed by atoms with Gasteiger partial charge in [-0.3, -0.25) is 0 Å². The fraction of sp³-hybridized carbons (Fsp3) is 0.105. The zero-order chi connectivity index (χ0) is 15.8. The molecule has 0 aliphatic rings. The van der Waals surface area contributed by atoms with Gasteiger partial charge in [-0.1, -0.05) is 54.6 Å². The van der Waals surface area contributed by atoms with Gasteiger partial charge in [0.1, 0.15) is 6.61 Å². The smallest absolute Gasteiger partial charge is 0.160 e. The number of benzene rings is 2. The van der Waals surface area contributed by atoms with Crippen LogP contribution in [0.3, 0.4) is 0 Å². The zero-order valence-electron chi connectivity index (χ0n) is 12.7. The van der Waals surface area contributed by atoms with E-state index in [2.05, 4.69) is 52.2 Å². The highest BCUT2D eigenvalue weighted by Crippen LogP contribution is 2.37. The average molecular weight is 367 g/mol. The van der Waals surface area contributed by atoms with Crippen molar-refractivity contribution in [2.75, 3.05) is 0 Å². The number of hydrogen-bond acceptors (Lipinski definition) is 2. The van der Waals surface area contributed by atoms with Gasteiger partial charge in [0.2, 0.25) is 0 Å². The van der Waals surface area contributed by atoms with Gasteiger partial charge in [-0.05, 0) is 34.0 Å². The molecular formula is C19H15BrN2O. The van der Waals surface area contributed by atoms with E-state index in [9.17, 15) is 0 Å². The first-order valence-corrected chi connectivity index (χ1v) is 8.26. The predicted molar refractivity (Wildman–Crippen MR) is 95.9 cm³/mol. The standard InChI is InChI=1S/C19H15BrN2O/c1-13-11-21-22-17(13)15-9-5-6-10-16(15)18(19(22)20)23-12-14-7-3-2-4-8-14/h2-11H,12H2,1H3. The van der Waals surface area contributed by atoms with Crippen molar-refractivity contribution in [2.45, 2.75) is 13.5 Å². The fourth-order valence-electron chi connectivity index (χ4n) is 2.87. The molecule has 0 radical (unpaired) electrons. The average Bonchev–Trinajstić information content (AvgIpc) is 2.98. The molecule has 0 fully saturated rings. The molecule has 2 aromatic heterocycles. The van der Waals surface area contributed by atoms with Gasteiger partial charge in [-0.2, -0.15) is 5.10 Å². The summed E-state index contributed by atoms with van der Waals surface area (Å²) in [6.45, 7) is 2.60. The van der Waals surface area contributed by atoms with Crippen molar-refractivity contribution >= 4 is 32.2 Å². The number of hydrogen-bond donors (Lipinski definition) is 0. The molecule has 114 valence electrons. The number of rotatable bonds is 3. The highest BCUT2D eigenvalue weighted by atomic mass is 79.9. The van der Waals surface area contributed by atoms with Crippen LogP contribution in [-0.2, 0) is 6.61 Å². The lowest BCUT2D eigenvalue weighted by atomic mass is 10.1. The van der Waals surface area contributed by atoms with Crippen LogP contribution in [0.5, 0.6) is 5.75 Å². The highest BCUT2D eigenvalue weighted by molar-refractivity contribution is 9.10. The minimum Gasteiger partial charge on any atom is -0.485 e. The Balaban J connectivity index is 1.89. The number of nitrogens with zero attached hydrogens (tertiary/aromatic N) is 2. The summed E-state index contributed by atoms with van der Waals surface area (Å²) < 4.78 is 8.89. The van der Waals surface area contributed by atoms with Crippen LogP contribution in [0.2, 0.25) is 0 Å². The van der Waals surface area contributed by atoms with Gasteiger partial charge in [-0.15, -0.1) is 0 Å². The Kier molecular flexibility index (Phi) is 3.54. The summed E-state index contributed by atoms with van der Waals surface area (Å²) in [7, 11) is 0. The minimum atomic E-state index is 0.523. The van der Waals surface area contributed by atoms with Crippen molar-refractivity contribution in [1.29, 1.82) is 0 Å². The Morgan fingerprint density at radius 3 is 2.48 bits per heavy atom. The van der Waals surface area contributed by atoms with Crippen LogP contribution in [-0.4, -0.2) is 9.61 Å². The second-order valence-corrected chi connectivity index (χ2v) is 6.28. The third-order valence-electron chi connectivity index (χ3n) is 3.98. The Morgan fingerprint density at radius 1 is 1.00 bits per heavy atom. The van der Waals surface area contributed by atoms with Crippen LogP contribution >= 0.6 is 15.9 Å². The van der Waals surface area contributed by atoms with E-state index in [1.54, 1.807) is 0 Å². The van der Waals surface area contributed by atoms with E-state index in [0.717, 1.165) is 37.8 Å². The fourth-order valence-corrected chi connectivity index (χ4v) is 3.46. The first-order valence-electron chi connectivity index (χ1n) is 7.47. The van der Waals surface area contributed by atoms with Gasteiger partial charge >= 0.3 is 0 Å². The Labute approximate surface area is 142 Å². The molecule has 2 aromatic carbocycles. The molecule has 4 rings (SSSR count). The normalized spacial score (nSPS) is 11.2. The largest absolute Gasteiger partial charge is 0.485 e. The van der Waals surface area contributed by atoms with Crippen LogP contribution in [0.15, 0.2) is 65.4 Å². The maximum Gasteiger partial charge on any atom is 0.160 e. The van der Waals surface area contributed by atoms with E-state index in [1.807, 2.05) is 41.0 Å². The lowest BCUT2D eigenvalue weighted by molar-refractivity contribution is 0.306. The van der Waals surface area contributed by atoms with E-state index in [-0.39, 0.29) is 0 Å². The lowest BCUT2D eigenvalue weighted by Gasteiger charge is -2.14. The SMILES string of the molecule is Cc1cnn2c(Br)c(OCc3ccccc3)c3ccccc3c12. The quantitative estimate of drug-likeness (QED) is 0.469. The molecule has 0 N–H and O–H groups in total. The first kappa shape index (κ1) is 14.3. The molecule has 0 bridgehead atoms. The molecule has 0 unspecified atom stereocenters. The highest BCUT2D eigenvalue weighted by Gasteiger charge is 2.16. The van der Waals surface area contributed by atoms with E-state index < -0.39 is 0 Å². The second-order valence-electron chi connectivity index (χ2n) is 5.53. The lowest BCUT2D eigenvalue weighted by Crippen LogP contribution is -2.01. The third kappa shape index (κ3) is 2.39. The van der Waals surface area contributed by atoms with Crippen molar-refractivity contribution in [3.63, 3.8) is 0 Å². The molecule has 0 saturated carbocycles. The van der Waals surface area contributed by atoms with E-state index in [0.29, 0.717) is 6.61 Å². The number of aryl methyl sites for hydroxylation is 1. The Hall–Kier alpha value is -2.33. The summed E-state index contributed by atoms with van der Waals surface area (Å²) in [5.41, 5.74) is 3.40. The monoisotopic (exact) mass is 366 g/mol. The molecule has 4 aromatic rings. The second kappa shape index (κ2) is 5.70. The maximum absolute atomic E-state index is 6.15. The number of ether oxygens (including phenoxy) is 1. The minimum absolute atomic E-state index is 0.523. The van der Waals surface area contributed by atoms with E-state index in [4.69, 9.17) is 4.74 Å². The molecule has 0 amide bonds. The van der Waals surface area contributed by atoms with Crippen molar-refractivity contribution in [3.05, 3.63) is 76.5 Å². The molecule has 0 aliphatic carbocycles. The number of pyridine rings is 1. The summed E-state index contributed by atoms with van der Waals surface area (Å²) >= 11 is 3.67. The molecule has 0 spiro atoms. The van der Waals surface area contributed by atoms with Crippen molar-refractivity contribution in [2.24, 2.45) is 0 Å². The van der Waals surface area contributed by atoms with Gasteiger partial charge in [0.05, 0.1) is 11.7 Å².